The molecule has 2 aromatic carbocycles. The van der Waals surface area contributed by atoms with Gasteiger partial charge in [-0.15, -0.1) is 0 Å². The van der Waals surface area contributed by atoms with Gasteiger partial charge in [-0.05, 0) is 44.0 Å². The van der Waals surface area contributed by atoms with Crippen molar-refractivity contribution in [2.75, 3.05) is 18.1 Å². The van der Waals surface area contributed by atoms with Crippen LogP contribution in [0.4, 0.5) is 14.5 Å². The third kappa shape index (κ3) is 6.00. The third-order valence-corrected chi connectivity index (χ3v) is 7.12. The summed E-state index contributed by atoms with van der Waals surface area (Å²) in [4.78, 5) is 40.4. The summed E-state index contributed by atoms with van der Waals surface area (Å²) in [6, 6.07) is 9.17. The number of carbonyl (C=O) groups is 3. The lowest BCUT2D eigenvalue weighted by Gasteiger charge is -2.35. The standard InChI is InChI=1S/C29H34F2N2O4/c1-20-19-37-27-24(17-16-23(30)26(27)31)33(20)25(34)15-9-7-5-3-2-4-6-8-12-18-32-28(35)21-13-10-11-14-22(21)29(32)36/h10-11,13-14,16-17,20H,2-9,12,15,18-19H2,1H3. The van der Waals surface area contributed by atoms with Gasteiger partial charge in [0.25, 0.3) is 11.8 Å². The van der Waals surface area contributed by atoms with Crippen LogP contribution in [-0.4, -0.2) is 41.8 Å². The molecule has 37 heavy (non-hydrogen) atoms. The quantitative estimate of drug-likeness (QED) is 0.248. The molecule has 0 spiro atoms. The zero-order chi connectivity index (χ0) is 26.4. The fourth-order valence-corrected chi connectivity index (χ4v) is 5.09. The Morgan fingerprint density at radius 1 is 0.865 bits per heavy atom. The Morgan fingerprint density at radius 3 is 2.05 bits per heavy atom. The lowest BCUT2D eigenvalue weighted by atomic mass is 10.1. The molecule has 8 heteroatoms. The lowest BCUT2D eigenvalue weighted by molar-refractivity contribution is -0.119. The van der Waals surface area contributed by atoms with Crippen LogP contribution in [0.5, 0.6) is 5.75 Å². The molecule has 4 rings (SSSR count). The van der Waals surface area contributed by atoms with E-state index >= 15 is 0 Å². The third-order valence-electron chi connectivity index (χ3n) is 7.12. The molecule has 198 valence electrons. The van der Waals surface area contributed by atoms with Gasteiger partial charge in [0, 0.05) is 13.0 Å². The first-order valence-electron chi connectivity index (χ1n) is 13.3. The number of fused-ring (bicyclic) bond motifs is 2. The maximum Gasteiger partial charge on any atom is 0.261 e. The number of hydrogen-bond donors (Lipinski definition) is 0. The van der Waals surface area contributed by atoms with E-state index < -0.39 is 11.6 Å². The van der Waals surface area contributed by atoms with Crippen molar-refractivity contribution in [3.63, 3.8) is 0 Å². The molecule has 1 unspecified atom stereocenters. The van der Waals surface area contributed by atoms with Gasteiger partial charge in [-0.3, -0.25) is 19.3 Å². The highest BCUT2D eigenvalue weighted by Crippen LogP contribution is 2.37. The molecule has 0 aliphatic carbocycles. The van der Waals surface area contributed by atoms with Crippen molar-refractivity contribution < 1.29 is 27.9 Å². The van der Waals surface area contributed by atoms with Crippen LogP contribution in [0.1, 0.15) is 91.8 Å². The molecule has 0 saturated heterocycles. The molecule has 0 N–H and O–H groups in total. The zero-order valence-corrected chi connectivity index (χ0v) is 21.3. The summed E-state index contributed by atoms with van der Waals surface area (Å²) in [7, 11) is 0. The summed E-state index contributed by atoms with van der Waals surface area (Å²) in [5, 5.41) is 0. The van der Waals surface area contributed by atoms with E-state index in [1.165, 1.54) is 15.9 Å². The zero-order valence-electron chi connectivity index (χ0n) is 21.3. The van der Waals surface area contributed by atoms with E-state index in [1.807, 2.05) is 6.92 Å². The summed E-state index contributed by atoms with van der Waals surface area (Å²) in [6.45, 7) is 2.44. The molecule has 2 heterocycles. The number of amides is 3. The fourth-order valence-electron chi connectivity index (χ4n) is 5.09. The number of benzene rings is 2. The predicted molar refractivity (Wildman–Crippen MR) is 137 cm³/mol. The van der Waals surface area contributed by atoms with Gasteiger partial charge in [-0.2, -0.15) is 4.39 Å². The number of nitrogens with zero attached hydrogens (tertiary/aromatic N) is 2. The number of ether oxygens (including phenoxy) is 1. The number of halogens is 2. The van der Waals surface area contributed by atoms with Crippen molar-refractivity contribution in [2.24, 2.45) is 0 Å². The van der Waals surface area contributed by atoms with Crippen LogP contribution in [0.2, 0.25) is 0 Å². The number of rotatable bonds is 12. The van der Waals surface area contributed by atoms with Crippen LogP contribution in [-0.2, 0) is 4.79 Å². The van der Waals surface area contributed by atoms with E-state index in [1.54, 1.807) is 24.3 Å². The van der Waals surface area contributed by atoms with Gasteiger partial charge in [0.15, 0.2) is 11.6 Å². The van der Waals surface area contributed by atoms with Gasteiger partial charge in [0.2, 0.25) is 11.7 Å². The number of anilines is 1. The van der Waals surface area contributed by atoms with Crippen LogP contribution in [0.15, 0.2) is 36.4 Å². The molecule has 2 aliphatic rings. The monoisotopic (exact) mass is 512 g/mol. The second kappa shape index (κ2) is 12.3. The van der Waals surface area contributed by atoms with E-state index in [2.05, 4.69) is 0 Å². The molecule has 3 amide bonds. The number of hydrogen-bond acceptors (Lipinski definition) is 4. The number of unbranched alkanes of at least 4 members (excludes halogenated alkanes) is 8. The van der Waals surface area contributed by atoms with E-state index in [9.17, 15) is 23.2 Å². The molecule has 2 aromatic rings. The number of imide groups is 1. The van der Waals surface area contributed by atoms with Crippen molar-refractivity contribution in [3.8, 4) is 5.75 Å². The molecule has 0 aromatic heterocycles. The van der Waals surface area contributed by atoms with E-state index in [0.717, 1.165) is 63.9 Å². The molecule has 0 radical (unpaired) electrons. The van der Waals surface area contributed by atoms with Crippen LogP contribution in [0.3, 0.4) is 0 Å². The average Bonchev–Trinajstić information content (AvgIpc) is 3.14. The molecule has 1 atom stereocenters. The van der Waals surface area contributed by atoms with Crippen molar-refractivity contribution in [1.29, 1.82) is 0 Å². The normalized spacial score (nSPS) is 16.6. The SMILES string of the molecule is CC1COc2c(ccc(F)c2F)N1C(=O)CCCCCCCCCCCN1C(=O)c2ccccc2C1=O. The minimum Gasteiger partial charge on any atom is -0.486 e. The fraction of sp³-hybridized carbons (Fsp3) is 0.483. The van der Waals surface area contributed by atoms with Gasteiger partial charge in [-0.25, -0.2) is 4.39 Å². The van der Waals surface area contributed by atoms with E-state index in [-0.39, 0.29) is 36.1 Å². The Morgan fingerprint density at radius 2 is 1.43 bits per heavy atom. The maximum atomic E-state index is 14.1. The first-order chi connectivity index (χ1) is 17.9. The van der Waals surface area contributed by atoms with Crippen molar-refractivity contribution >= 4 is 23.4 Å². The molecule has 6 nitrogen and oxygen atoms in total. The van der Waals surface area contributed by atoms with Crippen molar-refractivity contribution in [1.82, 2.24) is 4.90 Å². The van der Waals surface area contributed by atoms with Crippen LogP contribution in [0.25, 0.3) is 0 Å². The Bertz CT molecular complexity index is 1120. The van der Waals surface area contributed by atoms with Gasteiger partial charge in [-0.1, -0.05) is 57.1 Å². The lowest BCUT2D eigenvalue weighted by Crippen LogP contribution is -2.45. The molecule has 2 aliphatic heterocycles. The topological polar surface area (TPSA) is 66.9 Å². The molecule has 0 saturated carbocycles. The second-order valence-electron chi connectivity index (χ2n) is 9.87. The average molecular weight is 513 g/mol. The summed E-state index contributed by atoms with van der Waals surface area (Å²) in [5.74, 6) is -2.69. The highest BCUT2D eigenvalue weighted by molar-refractivity contribution is 6.21. The van der Waals surface area contributed by atoms with Crippen LogP contribution in [0, 0.1) is 11.6 Å². The number of carbonyl (C=O) groups excluding carboxylic acids is 3. The van der Waals surface area contributed by atoms with Gasteiger partial charge in [0.05, 0.1) is 22.9 Å². The maximum absolute atomic E-state index is 14.1. The summed E-state index contributed by atoms with van der Waals surface area (Å²) in [5.41, 5.74) is 1.30. The predicted octanol–water partition coefficient (Wildman–Crippen LogP) is 6.28. The first kappa shape index (κ1) is 26.8. The van der Waals surface area contributed by atoms with E-state index in [0.29, 0.717) is 29.8 Å². The minimum absolute atomic E-state index is 0.0962. The van der Waals surface area contributed by atoms with E-state index in [4.69, 9.17) is 4.74 Å². The Labute approximate surface area is 216 Å². The van der Waals surface area contributed by atoms with Crippen molar-refractivity contribution in [2.45, 2.75) is 77.2 Å². The highest BCUT2D eigenvalue weighted by Gasteiger charge is 2.34. The van der Waals surface area contributed by atoms with Crippen LogP contribution < -0.4 is 9.64 Å². The smallest absolute Gasteiger partial charge is 0.261 e. The Hall–Kier alpha value is -3.29. The van der Waals surface area contributed by atoms with Gasteiger partial charge >= 0.3 is 0 Å². The summed E-state index contributed by atoms with van der Waals surface area (Å²) in [6.07, 6.45) is 9.25. The Kier molecular flexibility index (Phi) is 8.90. The van der Waals surface area contributed by atoms with Crippen LogP contribution >= 0.6 is 0 Å². The highest BCUT2D eigenvalue weighted by atomic mass is 19.2. The van der Waals surface area contributed by atoms with Crippen molar-refractivity contribution in [3.05, 3.63) is 59.2 Å². The summed E-state index contributed by atoms with van der Waals surface area (Å²) >= 11 is 0. The molecule has 0 bridgehead atoms. The molecular weight excluding hydrogens is 478 g/mol. The minimum atomic E-state index is -1.05. The molecule has 0 fully saturated rings. The Balaban J connectivity index is 1.06. The van der Waals surface area contributed by atoms with Gasteiger partial charge < -0.3 is 9.64 Å². The first-order valence-corrected chi connectivity index (χ1v) is 13.3. The van der Waals surface area contributed by atoms with Gasteiger partial charge in [0.1, 0.15) is 6.61 Å². The largest absolute Gasteiger partial charge is 0.486 e. The summed E-state index contributed by atoms with van der Waals surface area (Å²) < 4.78 is 32.9. The molecular formula is C29H34F2N2O4. The second-order valence-corrected chi connectivity index (χ2v) is 9.87.